The van der Waals surface area contributed by atoms with Crippen molar-refractivity contribution in [3.05, 3.63) is 87.2 Å². The number of hydrogen-bond donors (Lipinski definition) is 2. The molecule has 1 amide bonds. The Morgan fingerprint density at radius 2 is 1.85 bits per heavy atom. The van der Waals surface area contributed by atoms with E-state index in [0.29, 0.717) is 29.0 Å². The first-order valence-electron chi connectivity index (χ1n) is 12.2. The third-order valence-electron chi connectivity index (χ3n) is 5.83. The number of amides is 1. The number of hydrogen-bond acceptors (Lipinski definition) is 8. The molecule has 0 aliphatic heterocycles. The van der Waals surface area contributed by atoms with Crippen LogP contribution in [0.1, 0.15) is 23.2 Å². The Labute approximate surface area is 233 Å². The lowest BCUT2D eigenvalue weighted by molar-refractivity contribution is -0.384. The minimum absolute atomic E-state index is 0.0831. The van der Waals surface area contributed by atoms with Crippen molar-refractivity contribution >= 4 is 51.3 Å². The van der Waals surface area contributed by atoms with Crippen molar-refractivity contribution in [2.75, 3.05) is 37.9 Å². The standard InChI is InChI=1S/C27H25ClF2N6O4/c1-35(2)9-3-4-10-40-25-14-23-19(26(32-15-31-23)33-16-5-7-22(30)20(28)11-16)13-24(25)34-27(37)18-12-17(36(38)39)6-8-21(18)29/h5-8,11-15H,3-4,9-10H2,1-2H3,(H,34,37)(H,31,32,33). The van der Waals surface area contributed by atoms with Crippen LogP contribution in [0.2, 0.25) is 5.02 Å². The van der Waals surface area contributed by atoms with Crippen LogP contribution in [0.25, 0.3) is 10.9 Å². The number of rotatable bonds is 11. The molecule has 0 fully saturated rings. The molecule has 4 aromatic rings. The van der Waals surface area contributed by atoms with Crippen molar-refractivity contribution in [2.24, 2.45) is 0 Å². The molecule has 13 heteroatoms. The average Bonchev–Trinajstić information content (AvgIpc) is 2.91. The van der Waals surface area contributed by atoms with E-state index in [4.69, 9.17) is 16.3 Å². The van der Waals surface area contributed by atoms with E-state index in [9.17, 15) is 23.7 Å². The van der Waals surface area contributed by atoms with Crippen molar-refractivity contribution in [1.82, 2.24) is 14.9 Å². The van der Waals surface area contributed by atoms with Gasteiger partial charge in [-0.25, -0.2) is 18.7 Å². The van der Waals surface area contributed by atoms with Gasteiger partial charge < -0.3 is 20.3 Å². The summed E-state index contributed by atoms with van der Waals surface area (Å²) in [6, 6.07) is 9.92. The highest BCUT2D eigenvalue weighted by atomic mass is 35.5. The minimum Gasteiger partial charge on any atom is -0.491 e. The normalized spacial score (nSPS) is 11.1. The number of carbonyl (C=O) groups is 1. The monoisotopic (exact) mass is 570 g/mol. The molecule has 0 saturated heterocycles. The number of carbonyl (C=O) groups excluding carboxylic acids is 1. The summed E-state index contributed by atoms with van der Waals surface area (Å²) < 4.78 is 34.1. The molecule has 0 radical (unpaired) electrons. The van der Waals surface area contributed by atoms with Crippen LogP contribution in [0.15, 0.2) is 54.9 Å². The van der Waals surface area contributed by atoms with Crippen LogP contribution in [-0.4, -0.2) is 52.9 Å². The summed E-state index contributed by atoms with van der Waals surface area (Å²) in [4.78, 5) is 34.1. The SMILES string of the molecule is CN(C)CCCCOc1cc2ncnc(Nc3ccc(F)c(Cl)c3)c2cc1NC(=O)c1cc([N+](=O)[O-])ccc1F. The van der Waals surface area contributed by atoms with Gasteiger partial charge in [-0.1, -0.05) is 11.6 Å². The maximum Gasteiger partial charge on any atom is 0.270 e. The second-order valence-electron chi connectivity index (χ2n) is 9.08. The molecule has 4 rings (SSSR count). The molecule has 1 aromatic heterocycles. The molecule has 0 atom stereocenters. The van der Waals surface area contributed by atoms with Crippen LogP contribution in [0.3, 0.4) is 0 Å². The maximum absolute atomic E-state index is 14.5. The summed E-state index contributed by atoms with van der Waals surface area (Å²) in [6.45, 7) is 1.20. The van der Waals surface area contributed by atoms with Crippen molar-refractivity contribution in [3.63, 3.8) is 0 Å². The maximum atomic E-state index is 14.5. The predicted octanol–water partition coefficient (Wildman–Crippen LogP) is 6.19. The largest absolute Gasteiger partial charge is 0.491 e. The van der Waals surface area contributed by atoms with Crippen molar-refractivity contribution in [2.45, 2.75) is 12.8 Å². The molecule has 0 spiro atoms. The second kappa shape index (κ2) is 12.6. The molecule has 0 unspecified atom stereocenters. The molecule has 1 heterocycles. The van der Waals surface area contributed by atoms with Crippen LogP contribution in [0, 0.1) is 21.7 Å². The third-order valence-corrected chi connectivity index (χ3v) is 6.12. The average molecular weight is 571 g/mol. The quantitative estimate of drug-likeness (QED) is 0.124. The van der Waals surface area contributed by atoms with E-state index in [2.05, 4.69) is 25.5 Å². The first-order chi connectivity index (χ1) is 19.1. The number of anilines is 3. The minimum atomic E-state index is -0.922. The van der Waals surface area contributed by atoms with Crippen LogP contribution in [0.5, 0.6) is 5.75 Å². The van der Waals surface area contributed by atoms with Crippen LogP contribution < -0.4 is 15.4 Å². The van der Waals surface area contributed by atoms with Gasteiger partial charge in [0, 0.05) is 29.3 Å². The third kappa shape index (κ3) is 6.96. The lowest BCUT2D eigenvalue weighted by atomic mass is 10.1. The van der Waals surface area contributed by atoms with E-state index >= 15 is 0 Å². The van der Waals surface area contributed by atoms with Crippen LogP contribution in [0.4, 0.5) is 31.7 Å². The predicted molar refractivity (Wildman–Crippen MR) is 149 cm³/mol. The number of nitrogens with one attached hydrogen (secondary N) is 2. The zero-order valence-corrected chi connectivity index (χ0v) is 22.3. The Hall–Kier alpha value is -4.42. The van der Waals surface area contributed by atoms with Gasteiger partial charge in [-0.15, -0.1) is 0 Å². The van der Waals surface area contributed by atoms with Gasteiger partial charge in [0.05, 0.1) is 33.3 Å². The van der Waals surface area contributed by atoms with Crippen molar-refractivity contribution < 1.29 is 23.2 Å². The van der Waals surface area contributed by atoms with Gasteiger partial charge in [0.1, 0.15) is 29.5 Å². The zero-order chi connectivity index (χ0) is 28.8. The number of ether oxygens (including phenoxy) is 1. The number of halogens is 3. The Morgan fingerprint density at radius 1 is 1.07 bits per heavy atom. The van der Waals surface area contributed by atoms with Gasteiger partial charge in [-0.2, -0.15) is 0 Å². The Kier molecular flexibility index (Phi) is 9.02. The fraction of sp³-hybridized carbons (Fsp3) is 0.222. The highest BCUT2D eigenvalue weighted by molar-refractivity contribution is 6.31. The summed E-state index contributed by atoms with van der Waals surface area (Å²) >= 11 is 5.90. The fourth-order valence-corrected chi connectivity index (χ4v) is 3.99. The number of nitro benzene ring substituents is 1. The first kappa shape index (κ1) is 28.6. The van der Waals surface area contributed by atoms with E-state index in [-0.39, 0.29) is 16.5 Å². The lowest BCUT2D eigenvalue weighted by Gasteiger charge is -2.16. The number of fused-ring (bicyclic) bond motifs is 1. The first-order valence-corrected chi connectivity index (χ1v) is 12.5. The number of unbranched alkanes of at least 4 members (excludes halogenated alkanes) is 1. The summed E-state index contributed by atoms with van der Waals surface area (Å²) in [5, 5.41) is 17.2. The second-order valence-corrected chi connectivity index (χ2v) is 9.48. The number of non-ortho nitro benzene ring substituents is 1. The molecule has 10 nitrogen and oxygen atoms in total. The van der Waals surface area contributed by atoms with Gasteiger partial charge in [0.25, 0.3) is 11.6 Å². The molecular formula is C27H25ClF2N6O4. The van der Waals surface area contributed by atoms with Crippen LogP contribution in [-0.2, 0) is 0 Å². The summed E-state index contributed by atoms with van der Waals surface area (Å²) in [5.41, 5.74) is 0.159. The van der Waals surface area contributed by atoms with Crippen molar-refractivity contribution in [1.29, 1.82) is 0 Å². The molecule has 0 aliphatic carbocycles. The summed E-state index contributed by atoms with van der Waals surface area (Å²) in [6.07, 6.45) is 2.93. The van der Waals surface area contributed by atoms with Gasteiger partial charge in [0.2, 0.25) is 0 Å². The van der Waals surface area contributed by atoms with E-state index in [0.717, 1.165) is 37.6 Å². The molecular weight excluding hydrogens is 546 g/mol. The van der Waals surface area contributed by atoms with E-state index in [1.807, 2.05) is 14.1 Å². The number of nitro groups is 1. The highest BCUT2D eigenvalue weighted by Gasteiger charge is 2.20. The van der Waals surface area contributed by atoms with Gasteiger partial charge >= 0.3 is 0 Å². The molecule has 40 heavy (non-hydrogen) atoms. The molecule has 0 saturated carbocycles. The molecule has 0 bridgehead atoms. The van der Waals surface area contributed by atoms with Gasteiger partial charge in [0.15, 0.2) is 0 Å². The highest BCUT2D eigenvalue weighted by Crippen LogP contribution is 2.34. The number of aromatic nitrogens is 2. The zero-order valence-electron chi connectivity index (χ0n) is 21.6. The Morgan fingerprint density at radius 3 is 2.58 bits per heavy atom. The number of nitrogens with zero attached hydrogens (tertiary/aromatic N) is 4. The smallest absolute Gasteiger partial charge is 0.270 e. The molecule has 0 aliphatic rings. The van der Waals surface area contributed by atoms with E-state index < -0.39 is 33.7 Å². The summed E-state index contributed by atoms with van der Waals surface area (Å²) in [7, 11) is 3.94. The summed E-state index contributed by atoms with van der Waals surface area (Å²) in [5.74, 6) is -1.82. The molecule has 3 aromatic carbocycles. The van der Waals surface area contributed by atoms with Gasteiger partial charge in [-0.05, 0) is 63.8 Å². The fourth-order valence-electron chi connectivity index (χ4n) is 3.81. The Balaban J connectivity index is 1.70. The van der Waals surface area contributed by atoms with Crippen LogP contribution >= 0.6 is 11.6 Å². The van der Waals surface area contributed by atoms with Crippen molar-refractivity contribution in [3.8, 4) is 5.75 Å². The molecule has 208 valence electrons. The molecule has 2 N–H and O–H groups in total. The lowest BCUT2D eigenvalue weighted by Crippen LogP contribution is -2.16. The Bertz CT molecular complexity index is 1570. The van der Waals surface area contributed by atoms with Gasteiger partial charge in [-0.3, -0.25) is 14.9 Å². The topological polar surface area (TPSA) is 123 Å². The number of benzene rings is 3. The van der Waals surface area contributed by atoms with E-state index in [1.165, 1.54) is 24.5 Å². The van der Waals surface area contributed by atoms with E-state index in [1.54, 1.807) is 12.1 Å².